The highest BCUT2D eigenvalue weighted by Crippen LogP contribution is 2.37. The number of hydrogen-bond acceptors (Lipinski definition) is 4. The molecule has 1 aromatic heterocycles. The molecule has 0 atom stereocenters. The molecule has 0 fully saturated rings. The van der Waals surface area contributed by atoms with E-state index >= 15 is 0 Å². The van der Waals surface area contributed by atoms with Crippen molar-refractivity contribution in [2.75, 3.05) is 0 Å². The number of carbonyl (C=O) groups is 1. The number of aldehydes is 1. The minimum Gasteiger partial charge on any atom is -0.295 e. The summed E-state index contributed by atoms with van der Waals surface area (Å²) in [5.74, 6) is -0.245. The van der Waals surface area contributed by atoms with Gasteiger partial charge in [-0.15, -0.1) is 11.3 Å². The zero-order valence-electron chi connectivity index (χ0n) is 10.8. The monoisotopic (exact) mass is 315 g/mol. The predicted molar refractivity (Wildman–Crippen MR) is 83.5 cm³/mol. The first-order chi connectivity index (χ1) is 10.3. The maximum Gasteiger partial charge on any atom is 0.178 e. The van der Waals surface area contributed by atoms with Gasteiger partial charge in [0.25, 0.3) is 0 Å². The topological polar surface area (TPSA) is 30.0 Å². The van der Waals surface area contributed by atoms with E-state index in [1.165, 1.54) is 23.5 Å². The van der Waals surface area contributed by atoms with Gasteiger partial charge >= 0.3 is 0 Å². The zero-order valence-corrected chi connectivity index (χ0v) is 12.5. The van der Waals surface area contributed by atoms with Crippen LogP contribution in [0.5, 0.6) is 0 Å². The predicted octanol–water partition coefficient (Wildman–Crippen LogP) is 4.91. The van der Waals surface area contributed by atoms with Crippen LogP contribution in [0, 0.1) is 5.82 Å². The summed E-state index contributed by atoms with van der Waals surface area (Å²) < 4.78 is 13.0. The van der Waals surface area contributed by atoms with Crippen LogP contribution in [-0.2, 0) is 0 Å². The first-order valence-corrected chi connectivity index (χ1v) is 7.83. The lowest BCUT2D eigenvalue weighted by Gasteiger charge is -2.07. The van der Waals surface area contributed by atoms with Crippen molar-refractivity contribution in [2.45, 2.75) is 9.79 Å². The summed E-state index contributed by atoms with van der Waals surface area (Å²) >= 11 is 2.92. The van der Waals surface area contributed by atoms with Crippen LogP contribution < -0.4 is 0 Å². The van der Waals surface area contributed by atoms with Crippen LogP contribution in [0.2, 0.25) is 0 Å². The fourth-order valence-corrected chi connectivity index (χ4v) is 3.65. The Balaban J connectivity index is 1.95. The van der Waals surface area contributed by atoms with E-state index in [2.05, 4.69) is 4.98 Å². The van der Waals surface area contributed by atoms with Gasteiger partial charge in [-0.1, -0.05) is 30.0 Å². The molecule has 2 aromatic carbocycles. The Labute approximate surface area is 129 Å². The Morgan fingerprint density at radius 3 is 2.57 bits per heavy atom. The average molecular weight is 315 g/mol. The van der Waals surface area contributed by atoms with Gasteiger partial charge < -0.3 is 0 Å². The molecule has 0 unspecified atom stereocenters. The van der Waals surface area contributed by atoms with Crippen molar-refractivity contribution in [2.24, 2.45) is 0 Å². The maximum absolute atomic E-state index is 13.0. The number of carbonyl (C=O) groups excluding carboxylic acids is 1. The van der Waals surface area contributed by atoms with Gasteiger partial charge in [0.2, 0.25) is 0 Å². The van der Waals surface area contributed by atoms with Crippen molar-refractivity contribution in [1.29, 1.82) is 0 Å². The SMILES string of the molecule is O=Cc1ncc(-c2ccccc2Sc2ccc(F)cc2)s1. The quantitative estimate of drug-likeness (QED) is 0.641. The van der Waals surface area contributed by atoms with Crippen molar-refractivity contribution in [1.82, 2.24) is 4.98 Å². The summed E-state index contributed by atoms with van der Waals surface area (Å²) in [5.41, 5.74) is 1.03. The highest BCUT2D eigenvalue weighted by molar-refractivity contribution is 7.99. The summed E-state index contributed by atoms with van der Waals surface area (Å²) in [6.45, 7) is 0. The normalized spacial score (nSPS) is 10.5. The Bertz CT molecular complexity index is 768. The van der Waals surface area contributed by atoms with E-state index in [4.69, 9.17) is 0 Å². The van der Waals surface area contributed by atoms with Gasteiger partial charge in [-0.25, -0.2) is 9.37 Å². The number of benzene rings is 2. The highest BCUT2D eigenvalue weighted by atomic mass is 32.2. The Hall–Kier alpha value is -1.98. The molecule has 21 heavy (non-hydrogen) atoms. The first kappa shape index (κ1) is 14.0. The van der Waals surface area contributed by atoms with Crippen molar-refractivity contribution in [3.8, 4) is 10.4 Å². The summed E-state index contributed by atoms with van der Waals surface area (Å²) in [5, 5.41) is 0.464. The molecule has 0 saturated carbocycles. The number of hydrogen-bond donors (Lipinski definition) is 0. The van der Waals surface area contributed by atoms with E-state index in [0.29, 0.717) is 5.01 Å². The molecular formula is C16H10FNOS2. The number of rotatable bonds is 4. The molecule has 0 aliphatic rings. The third-order valence-corrected chi connectivity index (χ3v) is 4.86. The van der Waals surface area contributed by atoms with Gasteiger partial charge in [-0.05, 0) is 30.3 Å². The van der Waals surface area contributed by atoms with Gasteiger partial charge in [0, 0.05) is 21.6 Å². The number of aromatic nitrogens is 1. The molecule has 0 aliphatic carbocycles. The van der Waals surface area contributed by atoms with Crippen LogP contribution in [0.15, 0.2) is 64.5 Å². The minimum absolute atomic E-state index is 0.245. The summed E-state index contributed by atoms with van der Waals surface area (Å²) in [6, 6.07) is 14.3. The fraction of sp³-hybridized carbons (Fsp3) is 0. The molecule has 3 rings (SSSR count). The Morgan fingerprint density at radius 1 is 1.10 bits per heavy atom. The molecule has 0 amide bonds. The van der Waals surface area contributed by atoms with E-state index in [9.17, 15) is 9.18 Å². The van der Waals surface area contributed by atoms with E-state index in [-0.39, 0.29) is 5.82 Å². The summed E-state index contributed by atoms with van der Waals surface area (Å²) in [7, 11) is 0. The number of nitrogens with zero attached hydrogens (tertiary/aromatic N) is 1. The van der Waals surface area contributed by atoms with Crippen LogP contribution in [-0.4, -0.2) is 11.3 Å². The molecule has 0 spiro atoms. The molecule has 3 aromatic rings. The maximum atomic E-state index is 13.0. The molecule has 5 heteroatoms. The second-order valence-electron chi connectivity index (χ2n) is 4.23. The van der Waals surface area contributed by atoms with Gasteiger partial charge in [0.05, 0.1) is 4.88 Å². The fourth-order valence-electron chi connectivity index (χ4n) is 1.86. The second-order valence-corrected chi connectivity index (χ2v) is 6.41. The first-order valence-electron chi connectivity index (χ1n) is 6.20. The highest BCUT2D eigenvalue weighted by Gasteiger charge is 2.09. The molecule has 0 bridgehead atoms. The molecule has 0 radical (unpaired) electrons. The lowest BCUT2D eigenvalue weighted by atomic mass is 10.2. The summed E-state index contributed by atoms with van der Waals surface area (Å²) in [4.78, 5) is 17.8. The standard InChI is InChI=1S/C16H10FNOS2/c17-11-5-7-12(8-6-11)20-14-4-2-1-3-13(14)15-9-18-16(10-19)21-15/h1-10H. The molecule has 0 saturated heterocycles. The van der Waals surface area contributed by atoms with Crippen LogP contribution in [0.1, 0.15) is 9.80 Å². The van der Waals surface area contributed by atoms with Gasteiger partial charge in [-0.2, -0.15) is 0 Å². The molecule has 0 N–H and O–H groups in total. The van der Waals surface area contributed by atoms with E-state index in [1.807, 2.05) is 24.3 Å². The lowest BCUT2D eigenvalue weighted by Crippen LogP contribution is -1.80. The lowest BCUT2D eigenvalue weighted by molar-refractivity contribution is 0.112. The molecular weight excluding hydrogens is 305 g/mol. The van der Waals surface area contributed by atoms with Crippen LogP contribution in [0.3, 0.4) is 0 Å². The van der Waals surface area contributed by atoms with Crippen molar-refractivity contribution in [3.63, 3.8) is 0 Å². The van der Waals surface area contributed by atoms with Crippen molar-refractivity contribution < 1.29 is 9.18 Å². The Kier molecular flexibility index (Phi) is 4.13. The number of halogens is 1. The van der Waals surface area contributed by atoms with E-state index in [1.54, 1.807) is 30.1 Å². The largest absolute Gasteiger partial charge is 0.295 e. The van der Waals surface area contributed by atoms with Crippen LogP contribution in [0.25, 0.3) is 10.4 Å². The van der Waals surface area contributed by atoms with Gasteiger partial charge in [-0.3, -0.25) is 4.79 Å². The van der Waals surface area contributed by atoms with E-state index in [0.717, 1.165) is 26.5 Å². The van der Waals surface area contributed by atoms with Crippen molar-refractivity contribution in [3.05, 3.63) is 65.6 Å². The summed E-state index contributed by atoms with van der Waals surface area (Å²) in [6.07, 6.45) is 2.46. The van der Waals surface area contributed by atoms with E-state index < -0.39 is 0 Å². The number of thiazole rings is 1. The molecule has 0 aliphatic heterocycles. The molecule has 1 heterocycles. The van der Waals surface area contributed by atoms with Crippen LogP contribution in [0.4, 0.5) is 4.39 Å². The Morgan fingerprint density at radius 2 is 1.86 bits per heavy atom. The molecule has 104 valence electrons. The molecule has 2 nitrogen and oxygen atoms in total. The van der Waals surface area contributed by atoms with Gasteiger partial charge in [0.15, 0.2) is 11.3 Å². The van der Waals surface area contributed by atoms with Crippen LogP contribution >= 0.6 is 23.1 Å². The second kappa shape index (κ2) is 6.20. The zero-order chi connectivity index (χ0) is 14.7. The third-order valence-electron chi connectivity index (χ3n) is 2.82. The minimum atomic E-state index is -0.245. The van der Waals surface area contributed by atoms with Gasteiger partial charge in [0.1, 0.15) is 5.82 Å². The third kappa shape index (κ3) is 3.20. The van der Waals surface area contributed by atoms with Crippen molar-refractivity contribution >= 4 is 29.4 Å². The smallest absolute Gasteiger partial charge is 0.178 e. The average Bonchev–Trinajstić information content (AvgIpc) is 2.99.